The third kappa shape index (κ3) is 4.54. The Morgan fingerprint density at radius 2 is 1.27 bits per heavy atom. The molecular formula is C24H40SiTi. The molecule has 0 amide bonds. The van der Waals surface area contributed by atoms with Gasteiger partial charge in [-0.05, 0) is 13.8 Å². The van der Waals surface area contributed by atoms with Crippen molar-refractivity contribution in [3.05, 3.63) is 74.4 Å². The molecule has 1 aromatic carbocycles. The van der Waals surface area contributed by atoms with Crippen LogP contribution in [-0.4, -0.2) is 8.07 Å². The van der Waals surface area contributed by atoms with Crippen molar-refractivity contribution >= 4 is 13.3 Å². The van der Waals surface area contributed by atoms with Gasteiger partial charge in [0.2, 0.25) is 0 Å². The van der Waals surface area contributed by atoms with Gasteiger partial charge < -0.3 is 22.3 Å². The Morgan fingerprint density at radius 3 is 1.58 bits per heavy atom. The van der Waals surface area contributed by atoms with Crippen molar-refractivity contribution in [2.45, 2.75) is 72.5 Å². The molecule has 0 saturated carbocycles. The summed E-state index contributed by atoms with van der Waals surface area (Å²) in [6.07, 6.45) is 3.91. The van der Waals surface area contributed by atoms with Crippen molar-refractivity contribution in [3.63, 3.8) is 0 Å². The minimum Gasteiger partial charge on any atom is -0.358 e. The Labute approximate surface area is 181 Å². The molecule has 0 spiro atoms. The summed E-state index contributed by atoms with van der Waals surface area (Å²) in [5.74, 6) is 0. The Hall–Kier alpha value is -0.369. The van der Waals surface area contributed by atoms with Crippen LogP contribution in [0.5, 0.6) is 0 Å². The molecule has 0 saturated heterocycles. The van der Waals surface area contributed by atoms with Gasteiger partial charge in [0, 0.05) is 0 Å². The van der Waals surface area contributed by atoms with Crippen molar-refractivity contribution in [1.29, 1.82) is 0 Å². The zero-order valence-corrected chi connectivity index (χ0v) is 21.7. The molecule has 0 N–H and O–H groups in total. The molecule has 1 aromatic rings. The first-order chi connectivity index (χ1) is 10.2. The fourth-order valence-electron chi connectivity index (χ4n) is 4.60. The molecule has 1 unspecified atom stereocenters. The van der Waals surface area contributed by atoms with E-state index in [2.05, 4.69) is 79.7 Å². The van der Waals surface area contributed by atoms with Crippen LogP contribution in [-0.2, 0) is 21.7 Å². The minimum atomic E-state index is -1.71. The van der Waals surface area contributed by atoms with Crippen LogP contribution >= 0.6 is 0 Å². The molecule has 0 heterocycles. The van der Waals surface area contributed by atoms with Gasteiger partial charge in [0.25, 0.3) is 0 Å². The van der Waals surface area contributed by atoms with Crippen molar-refractivity contribution in [2.75, 3.05) is 0 Å². The number of aryl methyl sites for hydroxylation is 2. The molecule has 0 radical (unpaired) electrons. The first-order valence-corrected chi connectivity index (χ1v) is 11.0. The first-order valence-electron chi connectivity index (χ1n) is 8.60. The van der Waals surface area contributed by atoms with E-state index in [9.17, 15) is 0 Å². The number of allylic oxidation sites excluding steroid dienone is 4. The van der Waals surface area contributed by atoms with Crippen molar-refractivity contribution < 1.29 is 21.7 Å². The second-order valence-electron chi connectivity index (χ2n) is 7.29. The molecule has 1 aliphatic rings. The summed E-state index contributed by atoms with van der Waals surface area (Å²) in [5.41, 5.74) is 7.18. The Morgan fingerprint density at radius 1 is 0.846 bits per heavy atom. The molecule has 0 nitrogen and oxygen atoms in total. The van der Waals surface area contributed by atoms with Crippen LogP contribution in [0.2, 0.25) is 17.1 Å². The van der Waals surface area contributed by atoms with E-state index in [0.717, 1.165) is 0 Å². The summed E-state index contributed by atoms with van der Waals surface area (Å²) in [4.78, 5) is 0. The fourth-order valence-corrected chi connectivity index (χ4v) is 10.3. The quantitative estimate of drug-likeness (QED) is 0.367. The Kier molecular flexibility index (Phi) is 12.7. The topological polar surface area (TPSA) is 0 Å². The monoisotopic (exact) mass is 404 g/mol. The van der Waals surface area contributed by atoms with Gasteiger partial charge in [0.05, 0.1) is 8.07 Å². The van der Waals surface area contributed by atoms with Crippen molar-refractivity contribution in [2.24, 2.45) is 0 Å². The predicted molar refractivity (Wildman–Crippen MR) is 121 cm³/mol. The standard InChI is InChI=1S/C21H31Si.3CH3.Ti/c1-9-22(10-2,20-12-15(3)11-16(4)13-20)21(8)14-17(5)18(6)19(21)7;;;;/h11-13H,9-10H2,1-8H3;3*1H3;/q4*-1;+4. The largest absolute Gasteiger partial charge is 4.00 e. The van der Waals surface area contributed by atoms with Gasteiger partial charge >= 0.3 is 21.7 Å². The average molecular weight is 405 g/mol. The smallest absolute Gasteiger partial charge is 0.358 e. The molecule has 2 rings (SSSR count). The van der Waals surface area contributed by atoms with Crippen LogP contribution in [0.1, 0.15) is 52.7 Å². The van der Waals surface area contributed by atoms with Crippen LogP contribution < -0.4 is 5.19 Å². The van der Waals surface area contributed by atoms with Crippen molar-refractivity contribution in [3.8, 4) is 0 Å². The van der Waals surface area contributed by atoms with Gasteiger partial charge in [0.15, 0.2) is 0 Å². The van der Waals surface area contributed by atoms with E-state index in [0.29, 0.717) is 0 Å². The molecular weight excluding hydrogens is 364 g/mol. The zero-order valence-electron chi connectivity index (χ0n) is 19.1. The maximum absolute atomic E-state index is 3.91. The molecule has 26 heavy (non-hydrogen) atoms. The SMILES string of the molecule is CC[Si](CC)(c1cc(C)cc(C)c1)C1(C)[C-]=C(C)C(C)=C1C.[CH3-].[CH3-].[CH3-].[Ti+4]. The van der Waals surface area contributed by atoms with E-state index in [1.165, 1.54) is 34.4 Å². The molecule has 0 bridgehead atoms. The Balaban J connectivity index is -0.00000132. The van der Waals surface area contributed by atoms with Gasteiger partial charge in [-0.15, -0.1) is 6.92 Å². The summed E-state index contributed by atoms with van der Waals surface area (Å²) < 4.78 is 0. The third-order valence-corrected chi connectivity index (χ3v) is 12.5. The Bertz CT molecular complexity index is 630. The molecule has 1 aliphatic carbocycles. The van der Waals surface area contributed by atoms with Crippen LogP contribution in [0, 0.1) is 42.2 Å². The minimum absolute atomic E-state index is 0. The zero-order chi connectivity index (χ0) is 16.7. The summed E-state index contributed by atoms with van der Waals surface area (Å²) in [6, 6.07) is 9.75. The molecule has 0 aliphatic heterocycles. The van der Waals surface area contributed by atoms with Gasteiger partial charge in [-0.1, -0.05) is 86.3 Å². The number of hydrogen-bond acceptors (Lipinski definition) is 0. The predicted octanol–water partition coefficient (Wildman–Crippen LogP) is 7.21. The average Bonchev–Trinajstić information content (AvgIpc) is 2.64. The fraction of sp³-hybridized carbons (Fsp3) is 0.458. The molecule has 2 heteroatoms. The summed E-state index contributed by atoms with van der Waals surface area (Å²) in [5, 5.41) is 1.75. The van der Waals surface area contributed by atoms with Gasteiger partial charge in [-0.3, -0.25) is 6.08 Å². The van der Waals surface area contributed by atoms with E-state index < -0.39 is 8.07 Å². The van der Waals surface area contributed by atoms with Gasteiger partial charge in [0.1, 0.15) is 0 Å². The van der Waals surface area contributed by atoms with Crippen LogP contribution in [0.4, 0.5) is 0 Å². The molecule has 0 fully saturated rings. The van der Waals surface area contributed by atoms with Gasteiger partial charge in [-0.2, -0.15) is 11.1 Å². The van der Waals surface area contributed by atoms with E-state index in [4.69, 9.17) is 0 Å². The van der Waals surface area contributed by atoms with Crippen LogP contribution in [0.3, 0.4) is 0 Å². The summed E-state index contributed by atoms with van der Waals surface area (Å²) in [6.45, 7) is 18.6. The van der Waals surface area contributed by atoms with E-state index >= 15 is 0 Å². The van der Waals surface area contributed by atoms with E-state index in [1.807, 2.05) is 0 Å². The van der Waals surface area contributed by atoms with Crippen molar-refractivity contribution in [1.82, 2.24) is 0 Å². The van der Waals surface area contributed by atoms with Gasteiger partial charge in [-0.25, -0.2) is 5.57 Å². The summed E-state index contributed by atoms with van der Waals surface area (Å²) in [7, 11) is -1.71. The molecule has 0 aromatic heterocycles. The maximum Gasteiger partial charge on any atom is 4.00 e. The second-order valence-corrected chi connectivity index (χ2v) is 12.4. The molecule has 1 atom stereocenters. The maximum atomic E-state index is 3.91. The number of hydrogen-bond donors (Lipinski definition) is 0. The summed E-state index contributed by atoms with van der Waals surface area (Å²) >= 11 is 0. The normalized spacial score (nSPS) is 18.8. The van der Waals surface area contributed by atoms with Crippen LogP contribution in [0.25, 0.3) is 0 Å². The third-order valence-electron chi connectivity index (χ3n) is 6.25. The molecule has 144 valence electrons. The first kappa shape index (κ1) is 30.4. The number of rotatable bonds is 4. The van der Waals surface area contributed by atoms with E-state index in [1.54, 1.807) is 10.8 Å². The number of benzene rings is 1. The van der Waals surface area contributed by atoms with E-state index in [-0.39, 0.29) is 49.0 Å². The van der Waals surface area contributed by atoms with Crippen LogP contribution in [0.15, 0.2) is 34.9 Å². The second kappa shape index (κ2) is 10.8.